The quantitative estimate of drug-likeness (QED) is 0.674. The number of halogens is 1. The van der Waals surface area contributed by atoms with E-state index in [-0.39, 0.29) is 12.1 Å². The molecule has 1 amide bonds. The van der Waals surface area contributed by atoms with Crippen molar-refractivity contribution in [2.45, 2.75) is 52.0 Å². The van der Waals surface area contributed by atoms with E-state index in [0.29, 0.717) is 5.56 Å². The molecule has 5 heteroatoms. The fourth-order valence-electron chi connectivity index (χ4n) is 2.98. The van der Waals surface area contributed by atoms with E-state index in [9.17, 15) is 9.90 Å². The van der Waals surface area contributed by atoms with Gasteiger partial charge in [-0.15, -0.1) is 0 Å². The Bertz CT molecular complexity index is 693. The molecule has 0 aliphatic rings. The number of carbonyl (C=O) groups is 1. The number of aliphatic hydroxyl groups is 1. The second-order valence-corrected chi connectivity index (χ2v) is 7.72. The summed E-state index contributed by atoms with van der Waals surface area (Å²) >= 11 is 3.39. The lowest BCUT2D eigenvalue weighted by Gasteiger charge is -2.33. The monoisotopic (exact) mass is 419 g/mol. The first-order valence-electron chi connectivity index (χ1n) is 8.78. The van der Waals surface area contributed by atoms with Gasteiger partial charge in [0.2, 0.25) is 0 Å². The molecule has 0 aromatic heterocycles. The fourth-order valence-corrected chi connectivity index (χ4v) is 3.24. The molecular weight excluding hydrogens is 394 g/mol. The predicted molar refractivity (Wildman–Crippen MR) is 107 cm³/mol. The van der Waals surface area contributed by atoms with Crippen LogP contribution in [-0.4, -0.2) is 28.2 Å². The lowest BCUT2D eigenvalue weighted by molar-refractivity contribution is -0.0218. The van der Waals surface area contributed by atoms with Crippen molar-refractivity contribution in [2.24, 2.45) is 0 Å². The molecule has 0 aliphatic heterocycles. The number of benzene rings is 2. The van der Waals surface area contributed by atoms with Gasteiger partial charge in [0.25, 0.3) is 0 Å². The Morgan fingerprint density at radius 3 is 1.96 bits per heavy atom. The number of hydrogen-bond acceptors (Lipinski definition) is 3. The molecule has 0 fully saturated rings. The number of rotatable bonds is 6. The molecule has 0 radical (unpaired) electrons. The van der Waals surface area contributed by atoms with Crippen LogP contribution in [0.5, 0.6) is 0 Å². The third-order valence-electron chi connectivity index (χ3n) is 4.18. The molecule has 0 bridgehead atoms. The highest BCUT2D eigenvalue weighted by atomic mass is 79.9. The van der Waals surface area contributed by atoms with Crippen LogP contribution in [0.2, 0.25) is 0 Å². The van der Waals surface area contributed by atoms with Gasteiger partial charge in [0.15, 0.2) is 6.10 Å². The van der Waals surface area contributed by atoms with E-state index < -0.39 is 18.3 Å². The molecule has 0 heterocycles. The average Bonchev–Trinajstić information content (AvgIpc) is 2.60. The van der Waals surface area contributed by atoms with Crippen molar-refractivity contribution >= 4 is 22.0 Å². The lowest BCUT2D eigenvalue weighted by atomic mass is 9.98. The molecular formula is C21H26BrNO3. The molecule has 2 aromatic carbocycles. The highest BCUT2D eigenvalue weighted by Crippen LogP contribution is 2.33. The summed E-state index contributed by atoms with van der Waals surface area (Å²) in [5, 5.41) is 10.9. The van der Waals surface area contributed by atoms with Crippen molar-refractivity contribution in [1.82, 2.24) is 4.90 Å². The summed E-state index contributed by atoms with van der Waals surface area (Å²) in [5.41, 5.74) is 1.44. The van der Waals surface area contributed by atoms with Crippen LogP contribution in [0.3, 0.4) is 0 Å². The molecule has 4 nitrogen and oxygen atoms in total. The summed E-state index contributed by atoms with van der Waals surface area (Å²) in [4.78, 5) is 14.5. The Hall–Kier alpha value is -1.85. The van der Waals surface area contributed by atoms with Gasteiger partial charge in [-0.1, -0.05) is 58.4 Å². The number of hydrogen-bond donors (Lipinski definition) is 1. The molecule has 2 aromatic rings. The van der Waals surface area contributed by atoms with Crippen molar-refractivity contribution in [3.8, 4) is 0 Å². The van der Waals surface area contributed by atoms with Gasteiger partial charge in [-0.3, -0.25) is 0 Å². The van der Waals surface area contributed by atoms with Crippen molar-refractivity contribution in [2.75, 3.05) is 0 Å². The van der Waals surface area contributed by atoms with Crippen LogP contribution in [0.1, 0.15) is 51.0 Å². The third-order valence-corrected chi connectivity index (χ3v) is 4.71. The van der Waals surface area contributed by atoms with E-state index in [0.717, 1.165) is 10.0 Å². The molecule has 140 valence electrons. The van der Waals surface area contributed by atoms with Gasteiger partial charge in [0, 0.05) is 16.6 Å². The first-order valence-corrected chi connectivity index (χ1v) is 9.58. The van der Waals surface area contributed by atoms with Crippen LogP contribution in [0.4, 0.5) is 4.79 Å². The van der Waals surface area contributed by atoms with Crippen molar-refractivity contribution < 1.29 is 14.6 Å². The minimum Gasteiger partial charge on any atom is -0.438 e. The van der Waals surface area contributed by atoms with Crippen LogP contribution in [-0.2, 0) is 4.74 Å². The summed E-state index contributed by atoms with van der Waals surface area (Å²) in [6, 6.07) is 16.7. The molecule has 0 spiro atoms. The minimum atomic E-state index is -0.962. The number of ether oxygens (including phenoxy) is 1. The maximum Gasteiger partial charge on any atom is 0.410 e. The van der Waals surface area contributed by atoms with E-state index in [4.69, 9.17) is 4.74 Å². The molecule has 26 heavy (non-hydrogen) atoms. The van der Waals surface area contributed by atoms with Gasteiger partial charge in [-0.05, 0) is 51.0 Å². The van der Waals surface area contributed by atoms with Crippen molar-refractivity contribution in [1.29, 1.82) is 0 Å². The second-order valence-electron chi connectivity index (χ2n) is 6.81. The summed E-state index contributed by atoms with van der Waals surface area (Å²) in [5.74, 6) is 0. The molecule has 0 saturated carbocycles. The Morgan fingerprint density at radius 2 is 1.46 bits per heavy atom. The number of carbonyl (C=O) groups excluding carboxylic acids is 1. The highest BCUT2D eigenvalue weighted by Gasteiger charge is 2.30. The van der Waals surface area contributed by atoms with Gasteiger partial charge in [0.1, 0.15) is 6.10 Å². The van der Waals surface area contributed by atoms with E-state index in [1.54, 1.807) is 4.90 Å². The second kappa shape index (κ2) is 9.19. The van der Waals surface area contributed by atoms with Crippen molar-refractivity contribution in [3.63, 3.8) is 0 Å². The standard InChI is InChI=1S/C21H26BrNO3/c1-14(2)23(15(3)4)21(25)26-20(17-8-6-5-7-9-17)19(24)16-10-12-18(22)13-11-16/h5-15,19-20,24H,1-4H3/t19-,20-/m1/s1. The van der Waals surface area contributed by atoms with Crippen LogP contribution >= 0.6 is 15.9 Å². The summed E-state index contributed by atoms with van der Waals surface area (Å²) in [7, 11) is 0. The van der Waals surface area contributed by atoms with Crippen molar-refractivity contribution in [3.05, 3.63) is 70.2 Å². The first-order chi connectivity index (χ1) is 12.3. The molecule has 0 unspecified atom stereocenters. The maximum atomic E-state index is 12.8. The molecule has 1 N–H and O–H groups in total. The average molecular weight is 420 g/mol. The van der Waals surface area contributed by atoms with Gasteiger partial charge < -0.3 is 14.7 Å². The van der Waals surface area contributed by atoms with Gasteiger partial charge in [-0.2, -0.15) is 0 Å². The highest BCUT2D eigenvalue weighted by molar-refractivity contribution is 9.10. The molecule has 0 aliphatic carbocycles. The zero-order valence-electron chi connectivity index (χ0n) is 15.6. The SMILES string of the molecule is CC(C)N(C(=O)O[C@H](c1ccccc1)[C@H](O)c1ccc(Br)cc1)C(C)C. The van der Waals surface area contributed by atoms with Gasteiger partial charge in [0.05, 0.1) is 0 Å². The van der Waals surface area contributed by atoms with Crippen LogP contribution < -0.4 is 0 Å². The van der Waals surface area contributed by atoms with E-state index in [1.807, 2.05) is 82.3 Å². The van der Waals surface area contributed by atoms with Crippen LogP contribution in [0, 0.1) is 0 Å². The molecule has 0 saturated heterocycles. The zero-order valence-corrected chi connectivity index (χ0v) is 17.2. The normalized spacial score (nSPS) is 13.5. The van der Waals surface area contributed by atoms with Gasteiger partial charge in [-0.25, -0.2) is 4.79 Å². The topological polar surface area (TPSA) is 49.8 Å². The zero-order chi connectivity index (χ0) is 19.3. The Kier molecular flexibility index (Phi) is 7.23. The van der Waals surface area contributed by atoms with Gasteiger partial charge >= 0.3 is 6.09 Å². The first kappa shape index (κ1) is 20.5. The lowest BCUT2D eigenvalue weighted by Crippen LogP contribution is -2.43. The summed E-state index contributed by atoms with van der Waals surface area (Å²) in [6.45, 7) is 7.79. The van der Waals surface area contributed by atoms with E-state index >= 15 is 0 Å². The minimum absolute atomic E-state index is 0.00347. The summed E-state index contributed by atoms with van der Waals surface area (Å²) < 4.78 is 6.72. The summed E-state index contributed by atoms with van der Waals surface area (Å²) in [6.07, 6.45) is -2.18. The fraction of sp³-hybridized carbons (Fsp3) is 0.381. The largest absolute Gasteiger partial charge is 0.438 e. The number of aliphatic hydroxyl groups excluding tert-OH is 1. The Morgan fingerprint density at radius 1 is 0.923 bits per heavy atom. The predicted octanol–water partition coefficient (Wildman–Crippen LogP) is 5.48. The Balaban J connectivity index is 2.33. The third kappa shape index (κ3) is 5.08. The van der Waals surface area contributed by atoms with Crippen LogP contribution in [0.15, 0.2) is 59.1 Å². The van der Waals surface area contributed by atoms with E-state index in [1.165, 1.54) is 0 Å². The Labute approximate surface area is 163 Å². The molecule has 2 rings (SSSR count). The molecule has 2 atom stereocenters. The van der Waals surface area contributed by atoms with Crippen LogP contribution in [0.25, 0.3) is 0 Å². The smallest absolute Gasteiger partial charge is 0.410 e. The maximum absolute atomic E-state index is 12.8. The number of nitrogens with zero attached hydrogens (tertiary/aromatic N) is 1. The van der Waals surface area contributed by atoms with E-state index in [2.05, 4.69) is 15.9 Å². The number of amides is 1.